The third kappa shape index (κ3) is 7.28. The summed E-state index contributed by atoms with van der Waals surface area (Å²) in [5.41, 5.74) is 6.49. The van der Waals surface area contributed by atoms with Crippen LogP contribution >= 0.6 is 0 Å². The van der Waals surface area contributed by atoms with E-state index >= 15 is 0 Å². The van der Waals surface area contributed by atoms with Gasteiger partial charge in [-0.25, -0.2) is 0 Å². The molecular formula is C9H18N2O. The highest BCUT2D eigenvalue weighted by Crippen LogP contribution is 1.94. The first-order chi connectivity index (χ1) is 5.81. The fraction of sp³-hybridized carbons (Fsp3) is 0.667. The Bertz CT molecular complexity index is 153. The van der Waals surface area contributed by atoms with Crippen molar-refractivity contribution in [3.63, 3.8) is 0 Å². The lowest BCUT2D eigenvalue weighted by atomic mass is 10.2. The predicted molar refractivity (Wildman–Crippen MR) is 52.2 cm³/mol. The van der Waals surface area contributed by atoms with Gasteiger partial charge in [0.1, 0.15) is 0 Å². The molecule has 0 fully saturated rings. The predicted octanol–water partition coefficient (Wildman–Crippen LogP) is 1.08. The van der Waals surface area contributed by atoms with E-state index in [4.69, 9.17) is 10.8 Å². The van der Waals surface area contributed by atoms with Crippen LogP contribution in [0.2, 0.25) is 0 Å². The summed E-state index contributed by atoms with van der Waals surface area (Å²) in [5.74, 6) is 0. The van der Waals surface area contributed by atoms with Crippen molar-refractivity contribution in [3.05, 3.63) is 11.8 Å². The normalized spacial score (nSPS) is 12.7. The summed E-state index contributed by atoms with van der Waals surface area (Å²) in [5, 5.41) is 8.45. The molecule has 12 heavy (non-hydrogen) atoms. The van der Waals surface area contributed by atoms with Gasteiger partial charge in [0, 0.05) is 25.1 Å². The van der Waals surface area contributed by atoms with Crippen LogP contribution in [0.4, 0.5) is 0 Å². The summed E-state index contributed by atoms with van der Waals surface area (Å²) in [6.45, 7) is 2.96. The Balaban J connectivity index is 3.48. The van der Waals surface area contributed by atoms with Crippen LogP contribution in [-0.4, -0.2) is 24.5 Å². The second-order valence-corrected chi connectivity index (χ2v) is 2.62. The van der Waals surface area contributed by atoms with Crippen molar-refractivity contribution in [2.75, 3.05) is 13.2 Å². The number of aliphatic imine (C=N–C) groups is 1. The number of hydrogen-bond donors (Lipinski definition) is 2. The van der Waals surface area contributed by atoms with E-state index in [0.717, 1.165) is 25.0 Å². The van der Waals surface area contributed by atoms with E-state index in [1.807, 2.05) is 6.08 Å². The van der Waals surface area contributed by atoms with Crippen LogP contribution in [0.5, 0.6) is 0 Å². The van der Waals surface area contributed by atoms with Gasteiger partial charge >= 0.3 is 0 Å². The van der Waals surface area contributed by atoms with Crippen LogP contribution in [0.15, 0.2) is 16.8 Å². The highest BCUT2D eigenvalue weighted by molar-refractivity contribution is 5.71. The van der Waals surface area contributed by atoms with Crippen molar-refractivity contribution in [1.82, 2.24) is 0 Å². The van der Waals surface area contributed by atoms with Crippen molar-refractivity contribution >= 4 is 6.21 Å². The van der Waals surface area contributed by atoms with Crippen molar-refractivity contribution in [1.29, 1.82) is 0 Å². The van der Waals surface area contributed by atoms with Crippen LogP contribution in [0.1, 0.15) is 26.2 Å². The maximum Gasteiger partial charge on any atom is 0.0448 e. The molecular weight excluding hydrogens is 152 g/mol. The SMILES string of the molecule is CCCC(N)=CC=NCCCO. The van der Waals surface area contributed by atoms with Gasteiger partial charge in [-0.2, -0.15) is 0 Å². The van der Waals surface area contributed by atoms with Crippen LogP contribution in [0.25, 0.3) is 0 Å². The smallest absolute Gasteiger partial charge is 0.0448 e. The average molecular weight is 170 g/mol. The molecule has 0 unspecified atom stereocenters. The lowest BCUT2D eigenvalue weighted by Gasteiger charge is -1.93. The molecule has 0 saturated heterocycles. The molecule has 0 aliphatic heterocycles. The molecule has 0 aromatic carbocycles. The topological polar surface area (TPSA) is 58.6 Å². The summed E-state index contributed by atoms with van der Waals surface area (Å²) in [4.78, 5) is 4.04. The Morgan fingerprint density at radius 3 is 2.92 bits per heavy atom. The minimum absolute atomic E-state index is 0.200. The van der Waals surface area contributed by atoms with Gasteiger partial charge in [0.15, 0.2) is 0 Å². The average Bonchev–Trinajstić information content (AvgIpc) is 2.05. The Morgan fingerprint density at radius 2 is 2.33 bits per heavy atom. The van der Waals surface area contributed by atoms with Gasteiger partial charge in [0.25, 0.3) is 0 Å². The molecule has 70 valence electrons. The molecule has 3 heteroatoms. The quantitative estimate of drug-likeness (QED) is 0.463. The fourth-order valence-corrected chi connectivity index (χ4v) is 0.757. The zero-order valence-corrected chi connectivity index (χ0v) is 7.66. The zero-order chi connectivity index (χ0) is 9.23. The number of aliphatic hydroxyl groups is 1. The number of nitrogens with two attached hydrogens (primary N) is 1. The molecule has 0 amide bonds. The van der Waals surface area contributed by atoms with Gasteiger partial charge in [0.2, 0.25) is 0 Å². The van der Waals surface area contributed by atoms with Crippen molar-refractivity contribution in [3.8, 4) is 0 Å². The summed E-state index contributed by atoms with van der Waals surface area (Å²) in [6, 6.07) is 0. The molecule has 0 spiro atoms. The van der Waals surface area contributed by atoms with E-state index in [-0.39, 0.29) is 6.61 Å². The summed E-state index contributed by atoms with van der Waals surface area (Å²) in [6.07, 6.45) is 6.23. The van der Waals surface area contributed by atoms with Gasteiger partial charge in [-0.05, 0) is 18.9 Å². The molecule has 0 bridgehead atoms. The molecule has 0 aliphatic carbocycles. The van der Waals surface area contributed by atoms with E-state index in [0.29, 0.717) is 6.54 Å². The van der Waals surface area contributed by atoms with Gasteiger partial charge in [-0.15, -0.1) is 0 Å². The Labute approximate surface area is 74.0 Å². The summed E-state index contributed by atoms with van der Waals surface area (Å²) in [7, 11) is 0. The molecule has 0 heterocycles. The number of allylic oxidation sites excluding steroid dienone is 2. The van der Waals surface area contributed by atoms with E-state index < -0.39 is 0 Å². The van der Waals surface area contributed by atoms with Crippen LogP contribution < -0.4 is 5.73 Å². The molecule has 0 aliphatic rings. The molecule has 0 aromatic rings. The van der Waals surface area contributed by atoms with Gasteiger partial charge < -0.3 is 10.8 Å². The van der Waals surface area contributed by atoms with E-state index in [1.165, 1.54) is 0 Å². The van der Waals surface area contributed by atoms with Crippen molar-refractivity contribution < 1.29 is 5.11 Å². The zero-order valence-electron chi connectivity index (χ0n) is 7.66. The first-order valence-electron chi connectivity index (χ1n) is 4.36. The van der Waals surface area contributed by atoms with Gasteiger partial charge in [-0.3, -0.25) is 4.99 Å². The van der Waals surface area contributed by atoms with Crippen molar-refractivity contribution in [2.45, 2.75) is 26.2 Å². The lowest BCUT2D eigenvalue weighted by Crippen LogP contribution is -1.96. The Kier molecular flexibility index (Phi) is 7.70. The number of hydrogen-bond acceptors (Lipinski definition) is 3. The summed E-state index contributed by atoms with van der Waals surface area (Å²) < 4.78 is 0. The summed E-state index contributed by atoms with van der Waals surface area (Å²) >= 11 is 0. The molecule has 0 radical (unpaired) electrons. The minimum Gasteiger partial charge on any atom is -0.402 e. The Hall–Kier alpha value is -0.830. The highest BCUT2D eigenvalue weighted by Gasteiger charge is 1.84. The molecule has 0 saturated carbocycles. The second kappa shape index (κ2) is 8.27. The maximum atomic E-state index is 8.45. The lowest BCUT2D eigenvalue weighted by molar-refractivity contribution is 0.291. The highest BCUT2D eigenvalue weighted by atomic mass is 16.2. The van der Waals surface area contributed by atoms with Crippen LogP contribution in [0.3, 0.4) is 0 Å². The van der Waals surface area contributed by atoms with E-state index in [9.17, 15) is 0 Å². The third-order valence-electron chi connectivity index (χ3n) is 1.38. The molecule has 0 atom stereocenters. The number of aliphatic hydroxyl groups excluding tert-OH is 1. The second-order valence-electron chi connectivity index (χ2n) is 2.62. The largest absolute Gasteiger partial charge is 0.402 e. The Morgan fingerprint density at radius 1 is 1.58 bits per heavy atom. The molecule has 3 N–H and O–H groups in total. The van der Waals surface area contributed by atoms with E-state index in [1.54, 1.807) is 6.21 Å². The standard InChI is InChI=1S/C9H18N2O/c1-2-4-9(10)5-7-11-6-3-8-12/h5,7,12H,2-4,6,8,10H2,1H3. The molecule has 0 aromatic heterocycles. The van der Waals surface area contributed by atoms with Crippen LogP contribution in [0, 0.1) is 0 Å². The van der Waals surface area contributed by atoms with Gasteiger partial charge in [-0.1, -0.05) is 13.3 Å². The monoisotopic (exact) mass is 170 g/mol. The minimum atomic E-state index is 0.200. The van der Waals surface area contributed by atoms with E-state index in [2.05, 4.69) is 11.9 Å². The molecule has 0 rings (SSSR count). The first-order valence-corrected chi connectivity index (χ1v) is 4.36. The third-order valence-corrected chi connectivity index (χ3v) is 1.38. The van der Waals surface area contributed by atoms with Gasteiger partial charge in [0.05, 0.1) is 0 Å². The van der Waals surface area contributed by atoms with Crippen molar-refractivity contribution in [2.24, 2.45) is 10.7 Å². The molecule has 3 nitrogen and oxygen atoms in total. The van der Waals surface area contributed by atoms with Crippen LogP contribution in [-0.2, 0) is 0 Å². The first kappa shape index (κ1) is 11.2. The maximum absolute atomic E-state index is 8.45. The fourth-order valence-electron chi connectivity index (χ4n) is 0.757. The number of rotatable bonds is 6. The number of nitrogens with zero attached hydrogens (tertiary/aromatic N) is 1.